The normalized spacial score (nSPS) is 24.2. The van der Waals surface area contributed by atoms with E-state index >= 15 is 0 Å². The number of amides is 4. The van der Waals surface area contributed by atoms with Gasteiger partial charge in [-0.15, -0.1) is 0 Å². The van der Waals surface area contributed by atoms with Crippen LogP contribution in [-0.2, 0) is 19.2 Å². The summed E-state index contributed by atoms with van der Waals surface area (Å²) in [5.74, 6) is -0.962. The number of fused-ring (bicyclic) bond motifs is 1. The van der Waals surface area contributed by atoms with Crippen LogP contribution in [0.5, 0.6) is 0 Å². The van der Waals surface area contributed by atoms with Gasteiger partial charge >= 0.3 is 0 Å². The first-order chi connectivity index (χ1) is 13.4. The highest BCUT2D eigenvalue weighted by atomic mass is 16.2. The number of para-hydroxylation sites is 2. The van der Waals surface area contributed by atoms with Crippen molar-refractivity contribution in [2.45, 2.75) is 57.9 Å². The second-order valence-electron chi connectivity index (χ2n) is 8.19. The summed E-state index contributed by atoms with van der Waals surface area (Å²) in [7, 11) is 0. The molecule has 2 fully saturated rings. The fraction of sp³-hybridized carbons (Fsp3) is 0.524. The van der Waals surface area contributed by atoms with Gasteiger partial charge in [-0.05, 0) is 31.9 Å². The molecule has 1 aliphatic carbocycles. The van der Waals surface area contributed by atoms with Crippen LogP contribution in [0.3, 0.4) is 0 Å². The lowest BCUT2D eigenvalue weighted by atomic mass is 9.73. The van der Waals surface area contributed by atoms with Crippen molar-refractivity contribution < 1.29 is 19.2 Å². The van der Waals surface area contributed by atoms with E-state index in [0.717, 1.165) is 37.0 Å². The van der Waals surface area contributed by atoms with Crippen molar-refractivity contribution in [3.05, 3.63) is 24.3 Å². The largest absolute Gasteiger partial charge is 0.324 e. The van der Waals surface area contributed by atoms with Crippen LogP contribution in [0.2, 0.25) is 0 Å². The maximum atomic E-state index is 13.2. The van der Waals surface area contributed by atoms with Crippen molar-refractivity contribution in [1.29, 1.82) is 0 Å². The summed E-state index contributed by atoms with van der Waals surface area (Å²) in [4.78, 5) is 53.6. The third-order valence-electron chi connectivity index (χ3n) is 6.22. The highest BCUT2D eigenvalue weighted by molar-refractivity contribution is 6.11. The van der Waals surface area contributed by atoms with Crippen molar-refractivity contribution in [2.75, 3.05) is 16.8 Å². The molecule has 0 bridgehead atoms. The summed E-state index contributed by atoms with van der Waals surface area (Å²) in [6.07, 6.45) is 4.81. The molecule has 2 aliphatic heterocycles. The summed E-state index contributed by atoms with van der Waals surface area (Å²) in [5.41, 5.74) is 0.556. The zero-order valence-electron chi connectivity index (χ0n) is 16.1. The van der Waals surface area contributed by atoms with Gasteiger partial charge in [-0.2, -0.15) is 0 Å². The van der Waals surface area contributed by atoms with E-state index in [-0.39, 0.29) is 49.1 Å². The molecule has 1 aromatic carbocycles. The van der Waals surface area contributed by atoms with Crippen molar-refractivity contribution >= 4 is 35.0 Å². The Morgan fingerprint density at radius 2 is 1.86 bits per heavy atom. The van der Waals surface area contributed by atoms with Crippen LogP contribution in [0.15, 0.2) is 24.3 Å². The fourth-order valence-corrected chi connectivity index (χ4v) is 4.82. The second-order valence-corrected chi connectivity index (χ2v) is 8.19. The second kappa shape index (κ2) is 7.04. The van der Waals surface area contributed by atoms with E-state index in [1.807, 2.05) is 0 Å². The third-order valence-corrected chi connectivity index (χ3v) is 6.22. The summed E-state index contributed by atoms with van der Waals surface area (Å²) in [5, 5.41) is 2.82. The number of imide groups is 1. The van der Waals surface area contributed by atoms with Gasteiger partial charge < -0.3 is 10.2 Å². The zero-order chi connectivity index (χ0) is 19.9. The molecule has 4 rings (SSSR count). The van der Waals surface area contributed by atoms with Crippen LogP contribution in [0, 0.1) is 5.41 Å². The van der Waals surface area contributed by atoms with E-state index in [4.69, 9.17) is 0 Å². The minimum Gasteiger partial charge on any atom is -0.324 e. The number of benzene rings is 1. The number of carbonyl (C=O) groups is 4. The van der Waals surface area contributed by atoms with Gasteiger partial charge in [0.25, 0.3) is 0 Å². The number of hydrogen-bond donors (Lipinski definition) is 1. The molecular formula is C21H25N3O4. The van der Waals surface area contributed by atoms with E-state index < -0.39 is 5.41 Å². The number of hydrogen-bond acceptors (Lipinski definition) is 4. The molecule has 1 spiro atoms. The molecule has 148 valence electrons. The summed E-state index contributed by atoms with van der Waals surface area (Å²) in [6, 6.07) is 6.73. The lowest BCUT2D eigenvalue weighted by Gasteiger charge is -2.32. The Kier molecular flexibility index (Phi) is 4.69. The van der Waals surface area contributed by atoms with Crippen molar-refractivity contribution in [3.8, 4) is 0 Å². The van der Waals surface area contributed by atoms with E-state index in [0.29, 0.717) is 11.4 Å². The molecule has 1 atom stereocenters. The van der Waals surface area contributed by atoms with E-state index in [9.17, 15) is 19.2 Å². The van der Waals surface area contributed by atoms with Gasteiger partial charge in [-0.1, -0.05) is 31.4 Å². The van der Waals surface area contributed by atoms with Crippen LogP contribution < -0.4 is 10.2 Å². The Balaban J connectivity index is 1.59. The van der Waals surface area contributed by atoms with Gasteiger partial charge in [0, 0.05) is 18.9 Å². The third kappa shape index (κ3) is 3.08. The molecule has 1 saturated heterocycles. The first kappa shape index (κ1) is 18.7. The molecule has 4 amide bonds. The van der Waals surface area contributed by atoms with E-state index in [2.05, 4.69) is 5.32 Å². The molecule has 3 aliphatic rings. The summed E-state index contributed by atoms with van der Waals surface area (Å²) in [6.45, 7) is 1.53. The Morgan fingerprint density at radius 1 is 1.14 bits per heavy atom. The first-order valence-electron chi connectivity index (χ1n) is 9.97. The highest BCUT2D eigenvalue weighted by Gasteiger charge is 2.52. The number of likely N-dealkylation sites (tertiary alicyclic amines) is 1. The SMILES string of the molecule is C[C@H]1CC(=O)Nc2ccccc2N1C(=O)CN1C(=O)CC2(CCCCC2)C1=O. The summed E-state index contributed by atoms with van der Waals surface area (Å²) >= 11 is 0. The minimum atomic E-state index is -0.602. The van der Waals surface area contributed by atoms with Crippen molar-refractivity contribution in [1.82, 2.24) is 4.90 Å². The van der Waals surface area contributed by atoms with Gasteiger partial charge in [0.1, 0.15) is 6.54 Å². The van der Waals surface area contributed by atoms with Crippen LogP contribution in [0.1, 0.15) is 51.9 Å². The minimum absolute atomic E-state index is 0.159. The molecule has 1 aromatic rings. The molecular weight excluding hydrogens is 358 g/mol. The first-order valence-corrected chi connectivity index (χ1v) is 9.97. The molecule has 0 aromatic heterocycles. The number of anilines is 2. The molecule has 0 radical (unpaired) electrons. The zero-order valence-corrected chi connectivity index (χ0v) is 16.1. The lowest BCUT2D eigenvalue weighted by Crippen LogP contribution is -2.47. The fourth-order valence-electron chi connectivity index (χ4n) is 4.82. The maximum absolute atomic E-state index is 13.2. The molecule has 1 N–H and O–H groups in total. The summed E-state index contributed by atoms with van der Waals surface area (Å²) < 4.78 is 0. The van der Waals surface area contributed by atoms with Crippen molar-refractivity contribution in [3.63, 3.8) is 0 Å². The van der Waals surface area contributed by atoms with Gasteiger partial charge in [0.05, 0.1) is 16.8 Å². The highest BCUT2D eigenvalue weighted by Crippen LogP contribution is 2.45. The molecule has 7 heteroatoms. The Labute approximate surface area is 164 Å². The molecule has 7 nitrogen and oxygen atoms in total. The van der Waals surface area contributed by atoms with Crippen LogP contribution in [-0.4, -0.2) is 41.1 Å². The number of rotatable bonds is 2. The lowest BCUT2D eigenvalue weighted by molar-refractivity contribution is -0.145. The average Bonchev–Trinajstić information content (AvgIpc) is 2.80. The van der Waals surface area contributed by atoms with Gasteiger partial charge in [-0.3, -0.25) is 24.1 Å². The number of nitrogens with one attached hydrogen (secondary N) is 1. The Hall–Kier alpha value is -2.70. The predicted octanol–water partition coefficient (Wildman–Crippen LogP) is 2.46. The van der Waals surface area contributed by atoms with Gasteiger partial charge in [-0.25, -0.2) is 0 Å². The molecule has 28 heavy (non-hydrogen) atoms. The molecule has 2 heterocycles. The predicted molar refractivity (Wildman–Crippen MR) is 103 cm³/mol. The standard InChI is InChI=1S/C21H25N3O4/c1-14-11-17(25)22-15-7-3-4-8-16(15)24(14)19(27)13-23-18(26)12-21(20(23)28)9-5-2-6-10-21/h3-4,7-8,14H,2,5-6,9-13H2,1H3,(H,22,25)/t14-/m0/s1. The van der Waals surface area contributed by atoms with E-state index in [1.165, 1.54) is 0 Å². The average molecular weight is 383 g/mol. The number of carbonyl (C=O) groups excluding carboxylic acids is 4. The Bertz CT molecular complexity index is 844. The van der Waals surface area contributed by atoms with Crippen molar-refractivity contribution in [2.24, 2.45) is 5.41 Å². The van der Waals surface area contributed by atoms with Crippen LogP contribution in [0.4, 0.5) is 11.4 Å². The van der Waals surface area contributed by atoms with Crippen LogP contribution >= 0.6 is 0 Å². The van der Waals surface area contributed by atoms with Crippen LogP contribution in [0.25, 0.3) is 0 Å². The van der Waals surface area contributed by atoms with E-state index in [1.54, 1.807) is 36.1 Å². The monoisotopic (exact) mass is 383 g/mol. The maximum Gasteiger partial charge on any atom is 0.247 e. The van der Waals surface area contributed by atoms with Gasteiger partial charge in [0.2, 0.25) is 23.6 Å². The quantitative estimate of drug-likeness (QED) is 0.795. The molecule has 1 saturated carbocycles. The number of nitrogens with zero attached hydrogens (tertiary/aromatic N) is 2. The molecule has 0 unspecified atom stereocenters. The Morgan fingerprint density at radius 3 is 2.61 bits per heavy atom. The van der Waals surface area contributed by atoms with Gasteiger partial charge in [0.15, 0.2) is 0 Å². The smallest absolute Gasteiger partial charge is 0.247 e. The topological polar surface area (TPSA) is 86.8 Å².